The molecule has 0 bridgehead atoms. The Hall–Kier alpha value is -7.42. The smallest absolute Gasteiger partial charge is 0.0541 e. The molecule has 0 amide bonds. The molecule has 0 saturated heterocycles. The number of hydrogen-bond donors (Lipinski definition) is 0. The van der Waals surface area contributed by atoms with E-state index in [2.05, 4.69) is 215 Å². The fourth-order valence-electron chi connectivity index (χ4n) is 10.9. The monoisotopic (exact) mass is 750 g/mol. The maximum atomic E-state index is 2.53. The zero-order valence-corrected chi connectivity index (χ0v) is 32.4. The molecule has 2 heteroatoms. The van der Waals surface area contributed by atoms with E-state index in [-0.39, 0.29) is 5.41 Å². The van der Waals surface area contributed by atoms with Gasteiger partial charge in [0.2, 0.25) is 0 Å². The van der Waals surface area contributed by atoms with Crippen molar-refractivity contribution in [2.45, 2.75) is 18.3 Å². The lowest BCUT2D eigenvalue weighted by Crippen LogP contribution is -2.26. The summed E-state index contributed by atoms with van der Waals surface area (Å²) in [5, 5.41) is 5.11. The Bertz CT molecular complexity index is 3260. The lowest BCUT2D eigenvalue weighted by atomic mass is 9.74. The number of fused-ring (bicyclic) bond motifs is 12. The number of rotatable bonds is 4. The summed E-state index contributed by atoms with van der Waals surface area (Å²) >= 11 is 0. The van der Waals surface area contributed by atoms with Gasteiger partial charge in [-0.2, -0.15) is 0 Å². The quantitative estimate of drug-likeness (QED) is 0.170. The van der Waals surface area contributed by atoms with Gasteiger partial charge in [0, 0.05) is 38.3 Å². The van der Waals surface area contributed by atoms with Crippen LogP contribution in [-0.2, 0) is 18.3 Å². The molecule has 2 aliphatic carbocycles. The van der Waals surface area contributed by atoms with E-state index in [1.807, 2.05) is 0 Å². The second-order valence-electron chi connectivity index (χ2n) is 16.6. The zero-order chi connectivity index (χ0) is 38.7. The van der Waals surface area contributed by atoms with E-state index in [9.17, 15) is 0 Å². The van der Waals surface area contributed by atoms with Gasteiger partial charge in [-0.25, -0.2) is 0 Å². The van der Waals surface area contributed by atoms with Crippen molar-refractivity contribution in [3.63, 3.8) is 0 Å². The molecular weight excluding hydrogens is 713 g/mol. The molecule has 2 heterocycles. The SMILES string of the molecule is c1ccc(-n2c3ccccc3c3cc(-c4ccc5c(c4)C4(Cc6ccccc6C4)c4cc(-c6ccc7c(c6)c6ccccc6n7-c6ccccc6)ccc4-5)ccc32)cc1. The topological polar surface area (TPSA) is 9.86 Å². The summed E-state index contributed by atoms with van der Waals surface area (Å²) in [6.45, 7) is 0. The van der Waals surface area contributed by atoms with Crippen molar-refractivity contribution >= 4 is 43.6 Å². The summed E-state index contributed by atoms with van der Waals surface area (Å²) in [4.78, 5) is 0. The van der Waals surface area contributed by atoms with E-state index < -0.39 is 0 Å². The Labute approximate surface area is 342 Å². The highest BCUT2D eigenvalue weighted by Crippen LogP contribution is 2.57. The third-order valence-corrected chi connectivity index (χ3v) is 13.5. The molecule has 2 aromatic heterocycles. The molecule has 0 radical (unpaired) electrons. The minimum absolute atomic E-state index is 0.138. The summed E-state index contributed by atoms with van der Waals surface area (Å²) in [7, 11) is 0. The molecule has 9 aromatic carbocycles. The average Bonchev–Trinajstić information content (AvgIpc) is 4.03. The van der Waals surface area contributed by atoms with E-state index >= 15 is 0 Å². The minimum Gasteiger partial charge on any atom is -0.309 e. The second-order valence-corrected chi connectivity index (χ2v) is 16.6. The third kappa shape index (κ3) is 4.69. The van der Waals surface area contributed by atoms with E-state index in [4.69, 9.17) is 0 Å². The Morgan fingerprint density at radius 3 is 1.15 bits per heavy atom. The first-order valence-corrected chi connectivity index (χ1v) is 20.8. The van der Waals surface area contributed by atoms with E-state index in [1.54, 1.807) is 0 Å². The van der Waals surface area contributed by atoms with E-state index in [0.29, 0.717) is 0 Å². The first-order valence-electron chi connectivity index (χ1n) is 20.8. The third-order valence-electron chi connectivity index (χ3n) is 13.5. The molecule has 0 fully saturated rings. The predicted octanol–water partition coefficient (Wildman–Crippen LogP) is 14.3. The zero-order valence-electron chi connectivity index (χ0n) is 32.4. The van der Waals surface area contributed by atoms with Crippen LogP contribution in [0.2, 0.25) is 0 Å². The van der Waals surface area contributed by atoms with Crippen LogP contribution in [0.5, 0.6) is 0 Å². The highest BCUT2D eigenvalue weighted by molar-refractivity contribution is 6.11. The Kier molecular flexibility index (Phi) is 6.80. The van der Waals surface area contributed by atoms with Gasteiger partial charge in [-0.1, -0.05) is 133 Å². The standard InChI is InChI=1S/C57H38N2/c1-3-15-43(16-4-1)58-53-21-11-9-19-47(53)49-31-37(25-29-55(49)58)39-23-27-45-46-28-24-40(34-52(46)57(51(45)33-39)35-41-13-7-8-14-42(41)36-57)38-26-30-56-50(32-38)48-20-10-12-22-54(48)59(56)44-17-5-2-6-18-44/h1-34H,35-36H2. The van der Waals surface area contributed by atoms with Gasteiger partial charge in [0.15, 0.2) is 0 Å². The molecule has 0 unspecified atom stereocenters. The number of benzene rings is 9. The number of hydrogen-bond acceptors (Lipinski definition) is 0. The van der Waals surface area contributed by atoms with Crippen molar-refractivity contribution < 1.29 is 0 Å². The molecule has 11 aromatic rings. The van der Waals surface area contributed by atoms with Crippen molar-refractivity contribution in [1.82, 2.24) is 9.13 Å². The molecule has 59 heavy (non-hydrogen) atoms. The van der Waals surface area contributed by atoms with Gasteiger partial charge in [0.1, 0.15) is 0 Å². The highest BCUT2D eigenvalue weighted by atomic mass is 15.0. The van der Waals surface area contributed by atoms with Crippen molar-refractivity contribution in [2.24, 2.45) is 0 Å². The van der Waals surface area contributed by atoms with Crippen molar-refractivity contribution in [3.05, 3.63) is 229 Å². The highest BCUT2D eigenvalue weighted by Gasteiger charge is 2.47. The van der Waals surface area contributed by atoms with Crippen LogP contribution in [0, 0.1) is 0 Å². The van der Waals surface area contributed by atoms with Crippen molar-refractivity contribution in [1.29, 1.82) is 0 Å². The van der Waals surface area contributed by atoms with Crippen molar-refractivity contribution in [2.75, 3.05) is 0 Å². The number of aromatic nitrogens is 2. The van der Waals surface area contributed by atoms with Crippen LogP contribution in [0.1, 0.15) is 22.3 Å². The fraction of sp³-hybridized carbons (Fsp3) is 0.0526. The first-order chi connectivity index (χ1) is 29.2. The summed E-state index contributed by atoms with van der Waals surface area (Å²) < 4.78 is 4.80. The second kappa shape index (κ2) is 12.3. The van der Waals surface area contributed by atoms with Crippen LogP contribution in [0.15, 0.2) is 206 Å². The van der Waals surface area contributed by atoms with Crippen molar-refractivity contribution in [3.8, 4) is 44.8 Å². The summed E-state index contributed by atoms with van der Waals surface area (Å²) in [5.74, 6) is 0. The summed E-state index contributed by atoms with van der Waals surface area (Å²) in [6, 6.07) is 76.9. The van der Waals surface area contributed by atoms with Gasteiger partial charge in [0.25, 0.3) is 0 Å². The Morgan fingerprint density at radius 2 is 0.678 bits per heavy atom. The molecule has 13 rings (SSSR count). The Morgan fingerprint density at radius 1 is 0.305 bits per heavy atom. The lowest BCUT2D eigenvalue weighted by Gasteiger charge is -2.27. The van der Waals surface area contributed by atoms with Crippen LogP contribution in [0.3, 0.4) is 0 Å². The van der Waals surface area contributed by atoms with Crippen LogP contribution in [0.4, 0.5) is 0 Å². The molecular formula is C57H38N2. The molecule has 1 spiro atoms. The Balaban J connectivity index is 0.961. The van der Waals surface area contributed by atoms with Crippen LogP contribution >= 0.6 is 0 Å². The van der Waals surface area contributed by atoms with Crippen LogP contribution < -0.4 is 0 Å². The number of nitrogens with zero attached hydrogens (tertiary/aromatic N) is 2. The average molecular weight is 751 g/mol. The molecule has 2 nitrogen and oxygen atoms in total. The van der Waals surface area contributed by atoms with Gasteiger partial charge < -0.3 is 9.13 Å². The van der Waals surface area contributed by atoms with E-state index in [1.165, 1.54) is 111 Å². The predicted molar refractivity (Wildman–Crippen MR) is 246 cm³/mol. The molecule has 0 N–H and O–H groups in total. The van der Waals surface area contributed by atoms with Gasteiger partial charge in [0.05, 0.1) is 22.1 Å². The fourth-order valence-corrected chi connectivity index (χ4v) is 10.9. The van der Waals surface area contributed by atoms with Gasteiger partial charge in [-0.05, 0) is 141 Å². The number of para-hydroxylation sites is 4. The minimum atomic E-state index is -0.138. The largest absolute Gasteiger partial charge is 0.309 e. The molecule has 0 aliphatic heterocycles. The molecule has 276 valence electrons. The van der Waals surface area contributed by atoms with E-state index in [0.717, 1.165) is 12.8 Å². The van der Waals surface area contributed by atoms with Gasteiger partial charge in [-0.15, -0.1) is 0 Å². The summed E-state index contributed by atoms with van der Waals surface area (Å²) in [5.41, 5.74) is 20.8. The summed E-state index contributed by atoms with van der Waals surface area (Å²) in [6.07, 6.45) is 2.01. The van der Waals surface area contributed by atoms with Crippen LogP contribution in [-0.4, -0.2) is 9.13 Å². The van der Waals surface area contributed by atoms with Crippen LogP contribution in [0.25, 0.3) is 88.4 Å². The van der Waals surface area contributed by atoms with Gasteiger partial charge >= 0.3 is 0 Å². The molecule has 0 atom stereocenters. The molecule has 0 saturated carbocycles. The maximum Gasteiger partial charge on any atom is 0.0541 e. The molecule has 2 aliphatic rings. The van der Waals surface area contributed by atoms with Gasteiger partial charge in [-0.3, -0.25) is 0 Å². The maximum absolute atomic E-state index is 2.53. The first kappa shape index (κ1) is 32.6. The lowest BCUT2D eigenvalue weighted by molar-refractivity contribution is 0.564. The normalized spacial score (nSPS) is 13.8.